The molecule has 2 N–H and O–H groups in total. The summed E-state index contributed by atoms with van der Waals surface area (Å²) in [5.41, 5.74) is 5.70. The van der Waals surface area contributed by atoms with Crippen LogP contribution in [0.25, 0.3) is 10.8 Å². The van der Waals surface area contributed by atoms with Gasteiger partial charge in [-0.3, -0.25) is 20.4 Å². The van der Waals surface area contributed by atoms with Gasteiger partial charge in [-0.1, -0.05) is 64.5 Å². The average Bonchev–Trinajstić information content (AvgIpc) is 2.66. The molecule has 6 heteroatoms. The summed E-state index contributed by atoms with van der Waals surface area (Å²) in [6.45, 7) is 1.62. The second kappa shape index (κ2) is 8.68. The minimum atomic E-state index is -0.750. The number of halogens is 1. The van der Waals surface area contributed by atoms with E-state index in [0.717, 1.165) is 20.8 Å². The molecule has 2 amide bonds. The van der Waals surface area contributed by atoms with E-state index in [-0.39, 0.29) is 12.3 Å². The molecule has 0 aromatic heterocycles. The molecule has 0 aliphatic rings. The molecule has 0 saturated heterocycles. The van der Waals surface area contributed by atoms with E-state index < -0.39 is 12.0 Å². The Balaban J connectivity index is 1.50. The molecular formula is C21H19BrN2O3. The molecule has 3 rings (SSSR count). The quantitative estimate of drug-likeness (QED) is 0.610. The van der Waals surface area contributed by atoms with Gasteiger partial charge in [0.05, 0.1) is 6.42 Å². The van der Waals surface area contributed by atoms with Gasteiger partial charge in [0.1, 0.15) is 5.75 Å². The van der Waals surface area contributed by atoms with Crippen molar-refractivity contribution in [2.24, 2.45) is 0 Å². The van der Waals surface area contributed by atoms with Gasteiger partial charge in [0.15, 0.2) is 6.10 Å². The lowest BCUT2D eigenvalue weighted by molar-refractivity contribution is -0.132. The number of ether oxygens (including phenoxy) is 1. The van der Waals surface area contributed by atoms with Gasteiger partial charge in [-0.05, 0) is 41.5 Å². The smallest absolute Gasteiger partial charge is 0.279 e. The number of carbonyl (C=O) groups excluding carboxylic acids is 2. The number of hydrazine groups is 1. The van der Waals surface area contributed by atoms with E-state index in [0.29, 0.717) is 5.75 Å². The van der Waals surface area contributed by atoms with Gasteiger partial charge in [0.2, 0.25) is 5.91 Å². The molecule has 1 atom stereocenters. The first-order valence-electron chi connectivity index (χ1n) is 8.50. The third kappa shape index (κ3) is 5.31. The average molecular weight is 427 g/mol. The highest BCUT2D eigenvalue weighted by molar-refractivity contribution is 9.10. The van der Waals surface area contributed by atoms with Gasteiger partial charge in [-0.15, -0.1) is 0 Å². The summed E-state index contributed by atoms with van der Waals surface area (Å²) >= 11 is 3.35. The number of hydrogen-bond donors (Lipinski definition) is 2. The minimum absolute atomic E-state index is 0.173. The summed E-state index contributed by atoms with van der Waals surface area (Å²) in [5.74, 6) is -0.162. The number of carbonyl (C=O) groups is 2. The van der Waals surface area contributed by atoms with Gasteiger partial charge < -0.3 is 4.74 Å². The second-order valence-electron chi connectivity index (χ2n) is 6.11. The molecule has 0 heterocycles. The zero-order chi connectivity index (χ0) is 19.2. The SMILES string of the molecule is CC(Oc1cccc(Br)c1)C(=O)NNC(=O)Cc1ccc2ccccc2c1. The molecule has 0 radical (unpaired) electrons. The summed E-state index contributed by atoms with van der Waals surface area (Å²) in [6.07, 6.45) is -0.577. The van der Waals surface area contributed by atoms with Gasteiger partial charge in [0.25, 0.3) is 5.91 Å². The summed E-state index contributed by atoms with van der Waals surface area (Å²) < 4.78 is 6.42. The largest absolute Gasteiger partial charge is 0.481 e. The zero-order valence-electron chi connectivity index (χ0n) is 14.7. The van der Waals surface area contributed by atoms with E-state index in [2.05, 4.69) is 26.8 Å². The van der Waals surface area contributed by atoms with E-state index in [4.69, 9.17) is 4.74 Å². The molecule has 0 aliphatic carbocycles. The molecule has 0 saturated carbocycles. The lowest BCUT2D eigenvalue weighted by Crippen LogP contribution is -2.47. The van der Waals surface area contributed by atoms with E-state index in [9.17, 15) is 9.59 Å². The van der Waals surface area contributed by atoms with Gasteiger partial charge in [0, 0.05) is 4.47 Å². The predicted molar refractivity (Wildman–Crippen MR) is 108 cm³/mol. The standard InChI is InChI=1S/C21H19BrN2O3/c1-14(27-19-8-4-7-18(22)13-19)21(26)24-23-20(25)12-15-9-10-16-5-2-3-6-17(16)11-15/h2-11,13-14H,12H2,1H3,(H,23,25)(H,24,26). The third-order valence-electron chi connectivity index (χ3n) is 3.98. The normalized spacial score (nSPS) is 11.6. The molecule has 0 aliphatic heterocycles. The van der Waals surface area contributed by atoms with E-state index in [1.165, 1.54) is 0 Å². The van der Waals surface area contributed by atoms with Gasteiger partial charge in [-0.25, -0.2) is 0 Å². The Morgan fingerprint density at radius 1 is 0.963 bits per heavy atom. The lowest BCUT2D eigenvalue weighted by atomic mass is 10.1. The van der Waals surface area contributed by atoms with Crippen LogP contribution in [0.15, 0.2) is 71.2 Å². The second-order valence-corrected chi connectivity index (χ2v) is 7.03. The highest BCUT2D eigenvalue weighted by atomic mass is 79.9. The maximum atomic E-state index is 12.1. The number of nitrogens with one attached hydrogen (secondary N) is 2. The Hall–Kier alpha value is -2.86. The molecule has 138 valence electrons. The monoisotopic (exact) mass is 426 g/mol. The van der Waals surface area contributed by atoms with Crippen LogP contribution >= 0.6 is 15.9 Å². The Morgan fingerprint density at radius 3 is 2.52 bits per heavy atom. The predicted octanol–water partition coefficient (Wildman–Crippen LogP) is 3.76. The number of rotatable bonds is 5. The van der Waals surface area contributed by atoms with Crippen LogP contribution in [0.4, 0.5) is 0 Å². The molecule has 3 aromatic carbocycles. The van der Waals surface area contributed by atoms with Crippen LogP contribution in [0, 0.1) is 0 Å². The van der Waals surface area contributed by atoms with Crippen LogP contribution < -0.4 is 15.6 Å². The maximum absolute atomic E-state index is 12.1. The number of hydrogen-bond acceptors (Lipinski definition) is 3. The molecular weight excluding hydrogens is 408 g/mol. The van der Waals surface area contributed by atoms with Crippen molar-refractivity contribution in [3.05, 3.63) is 76.8 Å². The fourth-order valence-corrected chi connectivity index (χ4v) is 2.99. The van der Waals surface area contributed by atoms with Crippen LogP contribution in [-0.4, -0.2) is 17.9 Å². The lowest BCUT2D eigenvalue weighted by Gasteiger charge is -2.15. The molecule has 1 unspecified atom stereocenters. The summed E-state index contributed by atoms with van der Waals surface area (Å²) in [7, 11) is 0. The van der Waals surface area contributed by atoms with Crippen molar-refractivity contribution >= 4 is 38.5 Å². The van der Waals surface area contributed by atoms with Crippen LogP contribution in [-0.2, 0) is 16.0 Å². The zero-order valence-corrected chi connectivity index (χ0v) is 16.3. The van der Waals surface area contributed by atoms with Crippen molar-refractivity contribution < 1.29 is 14.3 Å². The number of amides is 2. The first-order chi connectivity index (χ1) is 13.0. The molecule has 0 fully saturated rings. The van der Waals surface area contributed by atoms with Gasteiger partial charge in [-0.2, -0.15) is 0 Å². The van der Waals surface area contributed by atoms with Crippen molar-refractivity contribution in [1.82, 2.24) is 10.9 Å². The number of benzene rings is 3. The fraction of sp³-hybridized carbons (Fsp3) is 0.143. The van der Waals surface area contributed by atoms with E-state index in [1.807, 2.05) is 54.6 Å². The first kappa shape index (κ1) is 18.9. The Labute approximate surface area is 165 Å². The molecule has 0 bridgehead atoms. The Kier molecular flexibility index (Phi) is 6.08. The number of fused-ring (bicyclic) bond motifs is 1. The summed E-state index contributed by atoms with van der Waals surface area (Å²) in [6, 6.07) is 21.0. The van der Waals surface area contributed by atoms with Crippen molar-refractivity contribution in [3.8, 4) is 5.75 Å². The molecule has 3 aromatic rings. The Bertz CT molecular complexity index is 974. The van der Waals surface area contributed by atoms with Crippen LogP contribution in [0.3, 0.4) is 0 Å². The van der Waals surface area contributed by atoms with Crippen molar-refractivity contribution in [2.45, 2.75) is 19.4 Å². The summed E-state index contributed by atoms with van der Waals surface area (Å²) in [4.78, 5) is 24.2. The van der Waals surface area contributed by atoms with Crippen molar-refractivity contribution in [2.75, 3.05) is 0 Å². The van der Waals surface area contributed by atoms with Crippen LogP contribution in [0.1, 0.15) is 12.5 Å². The molecule has 27 heavy (non-hydrogen) atoms. The summed E-state index contributed by atoms with van der Waals surface area (Å²) in [5, 5.41) is 2.19. The van der Waals surface area contributed by atoms with Crippen molar-refractivity contribution in [1.29, 1.82) is 0 Å². The van der Waals surface area contributed by atoms with E-state index >= 15 is 0 Å². The molecule has 0 spiro atoms. The third-order valence-corrected chi connectivity index (χ3v) is 4.48. The topological polar surface area (TPSA) is 67.4 Å². The molecule has 5 nitrogen and oxygen atoms in total. The maximum Gasteiger partial charge on any atom is 0.279 e. The Morgan fingerprint density at radius 2 is 1.74 bits per heavy atom. The van der Waals surface area contributed by atoms with Gasteiger partial charge >= 0.3 is 0 Å². The van der Waals surface area contributed by atoms with Crippen molar-refractivity contribution in [3.63, 3.8) is 0 Å². The van der Waals surface area contributed by atoms with E-state index in [1.54, 1.807) is 19.1 Å². The first-order valence-corrected chi connectivity index (χ1v) is 9.29. The fourth-order valence-electron chi connectivity index (χ4n) is 2.61. The van der Waals surface area contributed by atoms with Crippen LogP contribution in [0.5, 0.6) is 5.75 Å². The highest BCUT2D eigenvalue weighted by Crippen LogP contribution is 2.19. The minimum Gasteiger partial charge on any atom is -0.481 e. The highest BCUT2D eigenvalue weighted by Gasteiger charge is 2.15. The van der Waals surface area contributed by atoms with Crippen LogP contribution in [0.2, 0.25) is 0 Å².